The molecule has 0 bridgehead atoms. The Labute approximate surface area is 174 Å². The first-order chi connectivity index (χ1) is 14.5. The molecule has 2 atom stereocenters. The maximum absolute atomic E-state index is 12.5. The van der Waals surface area contributed by atoms with E-state index in [0.29, 0.717) is 23.7 Å². The van der Waals surface area contributed by atoms with E-state index in [1.54, 1.807) is 16.8 Å². The van der Waals surface area contributed by atoms with Crippen LogP contribution in [0.3, 0.4) is 0 Å². The van der Waals surface area contributed by atoms with E-state index in [1.807, 2.05) is 25.1 Å². The summed E-state index contributed by atoms with van der Waals surface area (Å²) in [5.74, 6) is 1.51. The zero-order valence-electron chi connectivity index (χ0n) is 17.0. The van der Waals surface area contributed by atoms with Crippen molar-refractivity contribution in [3.8, 4) is 11.5 Å². The topological polar surface area (TPSA) is 107 Å². The summed E-state index contributed by atoms with van der Waals surface area (Å²) >= 11 is 0. The fourth-order valence-corrected chi connectivity index (χ4v) is 3.59. The number of hydrogen-bond donors (Lipinski definition) is 3. The zero-order valence-corrected chi connectivity index (χ0v) is 17.0. The molecule has 1 aromatic heterocycles. The smallest absolute Gasteiger partial charge is 0.249 e. The summed E-state index contributed by atoms with van der Waals surface area (Å²) in [6, 6.07) is 7.32. The second-order valence-corrected chi connectivity index (χ2v) is 7.38. The third-order valence-electron chi connectivity index (χ3n) is 4.94. The second kappa shape index (κ2) is 8.58. The van der Waals surface area contributed by atoms with Crippen LogP contribution in [0.1, 0.15) is 43.7 Å². The van der Waals surface area contributed by atoms with Crippen LogP contribution in [0.5, 0.6) is 11.5 Å². The van der Waals surface area contributed by atoms with Crippen molar-refractivity contribution in [3.63, 3.8) is 0 Å². The maximum Gasteiger partial charge on any atom is 0.249 e. The molecule has 2 aliphatic heterocycles. The number of aryl methyl sites for hydroxylation is 1. The highest BCUT2D eigenvalue weighted by Crippen LogP contribution is 2.32. The molecular weight excluding hydrogens is 386 g/mol. The molecule has 0 radical (unpaired) electrons. The van der Waals surface area contributed by atoms with Gasteiger partial charge in [-0.15, -0.1) is 0 Å². The molecule has 2 aromatic rings. The van der Waals surface area contributed by atoms with Crippen molar-refractivity contribution in [2.75, 3.05) is 12.1 Å². The van der Waals surface area contributed by atoms with Gasteiger partial charge in [-0.05, 0) is 37.1 Å². The van der Waals surface area contributed by atoms with Crippen molar-refractivity contribution < 1.29 is 19.1 Å². The molecule has 3 N–H and O–H groups in total. The van der Waals surface area contributed by atoms with Crippen molar-refractivity contribution in [3.05, 3.63) is 41.6 Å². The number of anilines is 1. The number of fused-ring (bicyclic) bond motifs is 1. The van der Waals surface area contributed by atoms with Crippen molar-refractivity contribution in [1.82, 2.24) is 20.4 Å². The quantitative estimate of drug-likeness (QED) is 0.630. The Balaban J connectivity index is 1.46. The number of nitrogens with one attached hydrogen (secondary N) is 3. The lowest BCUT2D eigenvalue weighted by Crippen LogP contribution is -2.53. The molecule has 9 heteroatoms. The second-order valence-electron chi connectivity index (χ2n) is 7.38. The first-order valence-electron chi connectivity index (χ1n) is 10.0. The highest BCUT2D eigenvalue weighted by atomic mass is 16.7. The number of carbonyl (C=O) groups is 2. The first-order valence-corrected chi connectivity index (χ1v) is 10.0. The summed E-state index contributed by atoms with van der Waals surface area (Å²) in [7, 11) is 0. The van der Waals surface area contributed by atoms with Crippen LogP contribution in [0.4, 0.5) is 5.82 Å². The normalized spacial score (nSPS) is 20.4. The average Bonchev–Trinajstić information content (AvgIpc) is 3.32. The number of aromatic nitrogens is 2. The summed E-state index contributed by atoms with van der Waals surface area (Å²) in [4.78, 5) is 24.6. The minimum Gasteiger partial charge on any atom is -0.454 e. The lowest BCUT2D eigenvalue weighted by molar-refractivity contribution is -0.125. The third-order valence-corrected chi connectivity index (χ3v) is 4.94. The SMILES string of the molecule is CCCC1CC(=O)NC(n2nc(C)cc2NC(=O)/C=C/c2ccc3c(c2)OCO3)N1. The number of rotatable bonds is 6. The Hall–Kier alpha value is -3.33. The van der Waals surface area contributed by atoms with E-state index < -0.39 is 6.29 Å². The molecule has 158 valence electrons. The minimum absolute atomic E-state index is 0.0367. The summed E-state index contributed by atoms with van der Waals surface area (Å²) < 4.78 is 12.2. The number of nitrogens with zero attached hydrogens (tertiary/aromatic N) is 2. The van der Waals surface area contributed by atoms with E-state index in [0.717, 1.165) is 24.1 Å². The fourth-order valence-electron chi connectivity index (χ4n) is 3.59. The lowest BCUT2D eigenvalue weighted by Gasteiger charge is -2.32. The number of ether oxygens (including phenoxy) is 2. The molecule has 1 aromatic carbocycles. The zero-order chi connectivity index (χ0) is 21.1. The summed E-state index contributed by atoms with van der Waals surface area (Å²) in [6.07, 6.45) is 4.93. The minimum atomic E-state index is -0.510. The summed E-state index contributed by atoms with van der Waals surface area (Å²) in [6.45, 7) is 4.12. The van der Waals surface area contributed by atoms with E-state index in [4.69, 9.17) is 9.47 Å². The van der Waals surface area contributed by atoms with Gasteiger partial charge in [0.25, 0.3) is 0 Å². The Kier molecular flexibility index (Phi) is 5.71. The predicted molar refractivity (Wildman–Crippen MR) is 111 cm³/mol. The van der Waals surface area contributed by atoms with Crippen LogP contribution in [-0.4, -0.2) is 34.4 Å². The standard InChI is InChI=1S/C21H25N5O4/c1-3-4-15-11-20(28)24-21(22-15)26-18(9-13(2)25-26)23-19(27)8-6-14-5-7-16-17(10-14)30-12-29-16/h5-10,15,21-22H,3-4,11-12H2,1-2H3,(H,23,27)(H,24,28)/b8-6+. The van der Waals surface area contributed by atoms with Crippen LogP contribution >= 0.6 is 0 Å². The van der Waals surface area contributed by atoms with Gasteiger partial charge in [0, 0.05) is 24.6 Å². The van der Waals surface area contributed by atoms with Gasteiger partial charge in [-0.1, -0.05) is 19.4 Å². The summed E-state index contributed by atoms with van der Waals surface area (Å²) in [5.41, 5.74) is 1.56. The fraction of sp³-hybridized carbons (Fsp3) is 0.381. The Morgan fingerprint density at radius 3 is 3.00 bits per heavy atom. The van der Waals surface area contributed by atoms with Crippen molar-refractivity contribution in [1.29, 1.82) is 0 Å². The number of hydrogen-bond acceptors (Lipinski definition) is 6. The molecule has 1 fully saturated rings. The van der Waals surface area contributed by atoms with E-state index in [2.05, 4.69) is 28.0 Å². The van der Waals surface area contributed by atoms with Gasteiger partial charge in [-0.2, -0.15) is 5.10 Å². The van der Waals surface area contributed by atoms with Gasteiger partial charge in [-0.3, -0.25) is 14.9 Å². The van der Waals surface area contributed by atoms with Crippen LogP contribution in [0.15, 0.2) is 30.3 Å². The molecule has 2 aliphatic rings. The van der Waals surface area contributed by atoms with E-state index in [1.165, 1.54) is 6.08 Å². The number of benzene rings is 1. The molecule has 0 aliphatic carbocycles. The highest BCUT2D eigenvalue weighted by Gasteiger charge is 2.28. The molecule has 3 heterocycles. The molecular formula is C21H25N5O4. The molecule has 0 saturated carbocycles. The van der Waals surface area contributed by atoms with Gasteiger partial charge in [0.2, 0.25) is 18.6 Å². The monoisotopic (exact) mass is 411 g/mol. The van der Waals surface area contributed by atoms with Crippen LogP contribution in [0.2, 0.25) is 0 Å². The third kappa shape index (κ3) is 4.46. The van der Waals surface area contributed by atoms with Gasteiger partial charge in [0.15, 0.2) is 17.8 Å². The molecule has 2 amide bonds. The molecule has 4 rings (SSSR count). The molecule has 30 heavy (non-hydrogen) atoms. The van der Waals surface area contributed by atoms with Crippen molar-refractivity contribution in [2.24, 2.45) is 0 Å². The van der Waals surface area contributed by atoms with E-state index in [9.17, 15) is 9.59 Å². The predicted octanol–water partition coefficient (Wildman–Crippen LogP) is 2.31. The highest BCUT2D eigenvalue weighted by molar-refractivity contribution is 6.01. The van der Waals surface area contributed by atoms with Gasteiger partial charge in [0.1, 0.15) is 5.82 Å². The average molecular weight is 411 g/mol. The van der Waals surface area contributed by atoms with Gasteiger partial charge >= 0.3 is 0 Å². The summed E-state index contributed by atoms with van der Waals surface area (Å²) in [5, 5.41) is 13.6. The van der Waals surface area contributed by atoms with Crippen LogP contribution < -0.4 is 25.4 Å². The van der Waals surface area contributed by atoms with E-state index in [-0.39, 0.29) is 24.6 Å². The van der Waals surface area contributed by atoms with Crippen LogP contribution in [0, 0.1) is 6.92 Å². The maximum atomic E-state index is 12.5. The Bertz CT molecular complexity index is 984. The lowest BCUT2D eigenvalue weighted by atomic mass is 10.1. The van der Waals surface area contributed by atoms with Gasteiger partial charge in [-0.25, -0.2) is 4.68 Å². The van der Waals surface area contributed by atoms with Crippen LogP contribution in [0.25, 0.3) is 6.08 Å². The molecule has 9 nitrogen and oxygen atoms in total. The molecule has 0 spiro atoms. The first kappa shape index (κ1) is 20.0. The van der Waals surface area contributed by atoms with Crippen molar-refractivity contribution in [2.45, 2.75) is 45.4 Å². The molecule has 1 saturated heterocycles. The Morgan fingerprint density at radius 1 is 1.33 bits per heavy atom. The van der Waals surface area contributed by atoms with Crippen molar-refractivity contribution >= 4 is 23.7 Å². The van der Waals surface area contributed by atoms with Crippen LogP contribution in [-0.2, 0) is 9.59 Å². The van der Waals surface area contributed by atoms with Gasteiger partial charge in [0.05, 0.1) is 5.69 Å². The van der Waals surface area contributed by atoms with E-state index >= 15 is 0 Å². The number of carbonyl (C=O) groups excluding carboxylic acids is 2. The molecule has 2 unspecified atom stereocenters. The largest absolute Gasteiger partial charge is 0.454 e. The Morgan fingerprint density at radius 2 is 2.17 bits per heavy atom. The van der Waals surface area contributed by atoms with Gasteiger partial charge < -0.3 is 20.1 Å². The number of amides is 2.